The average molecular weight is 222 g/mol. The van der Waals surface area contributed by atoms with Crippen LogP contribution in [0.1, 0.15) is 0 Å². The second-order valence-corrected chi connectivity index (χ2v) is 3.18. The molecule has 1 fully saturated rings. The first-order chi connectivity index (χ1) is 6.84. The summed E-state index contributed by atoms with van der Waals surface area (Å²) in [5.41, 5.74) is -2.76. The number of rotatable bonds is 2. The number of ether oxygens (including phenoxy) is 1. The molecule has 0 spiro atoms. The third-order valence-corrected chi connectivity index (χ3v) is 2.22. The van der Waals surface area contributed by atoms with Crippen molar-refractivity contribution in [2.24, 2.45) is 0 Å². The number of carbonyl (C=O) groups excluding carboxylic acids is 1. The standard InChI is InChI=1S/C7H10O8/c8-1-7(14)3(9)2(5(11)12)15-6(13)4(7)10/h1-4,6,9-10,13-14H,(H,11,12). The molecule has 1 rings (SSSR count). The number of hydrogen-bond donors (Lipinski definition) is 5. The van der Waals surface area contributed by atoms with Gasteiger partial charge in [0, 0.05) is 0 Å². The Kier molecular flexibility index (Phi) is 3.07. The van der Waals surface area contributed by atoms with Crippen LogP contribution in [-0.4, -0.2) is 68.0 Å². The third kappa shape index (κ3) is 1.73. The Labute approximate surface area is 83.3 Å². The molecule has 0 bridgehead atoms. The Hall–Kier alpha value is -1.06. The summed E-state index contributed by atoms with van der Waals surface area (Å²) in [5, 5.41) is 45.4. The molecule has 86 valence electrons. The van der Waals surface area contributed by atoms with Crippen LogP contribution in [0.2, 0.25) is 0 Å². The van der Waals surface area contributed by atoms with Crippen molar-refractivity contribution in [3.63, 3.8) is 0 Å². The van der Waals surface area contributed by atoms with Crippen molar-refractivity contribution in [2.45, 2.75) is 30.2 Å². The van der Waals surface area contributed by atoms with Crippen molar-refractivity contribution in [3.05, 3.63) is 0 Å². The van der Waals surface area contributed by atoms with E-state index in [-0.39, 0.29) is 6.29 Å². The quantitative estimate of drug-likeness (QED) is 0.302. The van der Waals surface area contributed by atoms with Crippen molar-refractivity contribution in [3.8, 4) is 0 Å². The summed E-state index contributed by atoms with van der Waals surface area (Å²) in [4.78, 5) is 21.0. The summed E-state index contributed by atoms with van der Waals surface area (Å²) in [6.45, 7) is 0. The van der Waals surface area contributed by atoms with E-state index in [0.717, 1.165) is 0 Å². The molecule has 15 heavy (non-hydrogen) atoms. The van der Waals surface area contributed by atoms with Gasteiger partial charge in [-0.2, -0.15) is 0 Å². The fraction of sp³-hybridized carbons (Fsp3) is 0.714. The van der Waals surface area contributed by atoms with Gasteiger partial charge >= 0.3 is 5.97 Å². The number of aliphatic hydroxyl groups is 4. The van der Waals surface area contributed by atoms with E-state index in [1.165, 1.54) is 0 Å². The normalized spacial score (nSPS) is 46.1. The van der Waals surface area contributed by atoms with Gasteiger partial charge in [0.05, 0.1) is 0 Å². The van der Waals surface area contributed by atoms with Crippen LogP contribution in [-0.2, 0) is 14.3 Å². The fourth-order valence-corrected chi connectivity index (χ4v) is 1.28. The second-order valence-electron chi connectivity index (χ2n) is 3.18. The van der Waals surface area contributed by atoms with E-state index < -0.39 is 36.2 Å². The van der Waals surface area contributed by atoms with Crippen LogP contribution in [0.3, 0.4) is 0 Å². The molecular weight excluding hydrogens is 212 g/mol. The lowest BCUT2D eigenvalue weighted by Crippen LogP contribution is -2.68. The van der Waals surface area contributed by atoms with Crippen molar-refractivity contribution < 1.29 is 39.9 Å². The summed E-state index contributed by atoms with van der Waals surface area (Å²) in [6, 6.07) is 0. The van der Waals surface area contributed by atoms with Gasteiger partial charge in [0.15, 0.2) is 24.3 Å². The van der Waals surface area contributed by atoms with E-state index >= 15 is 0 Å². The Balaban J connectivity index is 3.04. The first-order valence-corrected chi connectivity index (χ1v) is 3.95. The highest BCUT2D eigenvalue weighted by Crippen LogP contribution is 2.27. The molecule has 1 aliphatic rings. The Bertz CT molecular complexity index is 278. The molecule has 0 radical (unpaired) electrons. The summed E-state index contributed by atoms with van der Waals surface area (Å²) in [7, 11) is 0. The predicted molar refractivity (Wildman–Crippen MR) is 41.5 cm³/mol. The van der Waals surface area contributed by atoms with Crippen LogP contribution in [0.15, 0.2) is 0 Å². The molecule has 0 aromatic carbocycles. The van der Waals surface area contributed by atoms with E-state index in [1.54, 1.807) is 0 Å². The monoisotopic (exact) mass is 222 g/mol. The van der Waals surface area contributed by atoms with Crippen LogP contribution >= 0.6 is 0 Å². The largest absolute Gasteiger partial charge is 0.479 e. The zero-order chi connectivity index (χ0) is 11.8. The van der Waals surface area contributed by atoms with Crippen LogP contribution < -0.4 is 0 Å². The summed E-state index contributed by atoms with van der Waals surface area (Å²) >= 11 is 0. The second kappa shape index (κ2) is 3.83. The molecule has 0 amide bonds. The third-order valence-electron chi connectivity index (χ3n) is 2.22. The van der Waals surface area contributed by atoms with Gasteiger partial charge in [-0.05, 0) is 0 Å². The Morgan fingerprint density at radius 2 is 1.80 bits per heavy atom. The van der Waals surface area contributed by atoms with E-state index in [9.17, 15) is 19.8 Å². The predicted octanol–water partition coefficient (Wildman–Crippen LogP) is -3.56. The zero-order valence-corrected chi connectivity index (χ0v) is 7.35. The molecule has 1 aliphatic heterocycles. The lowest BCUT2D eigenvalue weighted by molar-refractivity contribution is -0.301. The van der Waals surface area contributed by atoms with Gasteiger partial charge in [0.1, 0.15) is 12.2 Å². The molecule has 1 saturated heterocycles. The minimum absolute atomic E-state index is 0.232. The molecule has 5 atom stereocenters. The number of hydrogen-bond acceptors (Lipinski definition) is 7. The minimum Gasteiger partial charge on any atom is -0.479 e. The first kappa shape index (κ1) is 12.0. The molecular formula is C7H10O8. The van der Waals surface area contributed by atoms with Crippen LogP contribution in [0, 0.1) is 0 Å². The first-order valence-electron chi connectivity index (χ1n) is 3.95. The lowest BCUT2D eigenvalue weighted by Gasteiger charge is -2.42. The summed E-state index contributed by atoms with van der Waals surface area (Å²) in [6.07, 6.45) is -8.56. The molecule has 0 saturated carbocycles. The molecule has 0 aromatic heterocycles. The van der Waals surface area contributed by atoms with Gasteiger partial charge in [-0.15, -0.1) is 0 Å². The molecule has 5 unspecified atom stereocenters. The number of aliphatic hydroxyl groups excluding tert-OH is 3. The molecule has 1 heterocycles. The van der Waals surface area contributed by atoms with E-state index in [1.807, 2.05) is 0 Å². The van der Waals surface area contributed by atoms with Gasteiger partial charge in [-0.25, -0.2) is 4.79 Å². The van der Waals surface area contributed by atoms with Crippen molar-refractivity contribution in [2.75, 3.05) is 0 Å². The highest BCUT2D eigenvalue weighted by molar-refractivity contribution is 5.76. The highest BCUT2D eigenvalue weighted by atomic mass is 16.6. The van der Waals surface area contributed by atoms with Crippen molar-refractivity contribution >= 4 is 12.3 Å². The van der Waals surface area contributed by atoms with E-state index in [0.29, 0.717) is 0 Å². The smallest absolute Gasteiger partial charge is 0.335 e. The summed E-state index contributed by atoms with van der Waals surface area (Å²) < 4.78 is 4.31. The molecule has 8 heteroatoms. The number of carboxylic acid groups (broad SMARTS) is 1. The Morgan fingerprint density at radius 3 is 2.20 bits per heavy atom. The molecule has 5 N–H and O–H groups in total. The average Bonchev–Trinajstić information content (AvgIpc) is 2.20. The minimum atomic E-state index is -2.76. The maximum Gasteiger partial charge on any atom is 0.335 e. The number of aliphatic carboxylic acids is 1. The van der Waals surface area contributed by atoms with Gasteiger partial charge in [0.25, 0.3) is 0 Å². The number of carboxylic acids is 1. The van der Waals surface area contributed by atoms with Gasteiger partial charge < -0.3 is 30.3 Å². The summed E-state index contributed by atoms with van der Waals surface area (Å²) in [5.74, 6) is -1.67. The van der Waals surface area contributed by atoms with Crippen molar-refractivity contribution in [1.29, 1.82) is 0 Å². The maximum absolute atomic E-state index is 10.5. The topological polar surface area (TPSA) is 145 Å². The molecule has 8 nitrogen and oxygen atoms in total. The van der Waals surface area contributed by atoms with Crippen LogP contribution in [0.5, 0.6) is 0 Å². The number of carbonyl (C=O) groups is 2. The molecule has 0 aliphatic carbocycles. The SMILES string of the molecule is O=CC1(O)C(O)C(O)OC(C(=O)O)C1O. The molecule has 0 aromatic rings. The lowest BCUT2D eigenvalue weighted by atomic mass is 9.85. The van der Waals surface area contributed by atoms with Gasteiger partial charge in [0.2, 0.25) is 0 Å². The zero-order valence-electron chi connectivity index (χ0n) is 7.35. The van der Waals surface area contributed by atoms with Crippen molar-refractivity contribution in [1.82, 2.24) is 0 Å². The highest BCUT2D eigenvalue weighted by Gasteiger charge is 2.57. The van der Waals surface area contributed by atoms with E-state index in [4.69, 9.17) is 15.3 Å². The van der Waals surface area contributed by atoms with E-state index in [2.05, 4.69) is 4.74 Å². The fourth-order valence-electron chi connectivity index (χ4n) is 1.28. The van der Waals surface area contributed by atoms with Crippen LogP contribution in [0.4, 0.5) is 0 Å². The van der Waals surface area contributed by atoms with Crippen LogP contribution in [0.25, 0.3) is 0 Å². The van der Waals surface area contributed by atoms with Gasteiger partial charge in [-0.3, -0.25) is 4.79 Å². The number of aldehydes is 1. The maximum atomic E-state index is 10.5. The van der Waals surface area contributed by atoms with Gasteiger partial charge in [-0.1, -0.05) is 0 Å². The Morgan fingerprint density at radius 1 is 1.27 bits per heavy atom.